The van der Waals surface area contributed by atoms with Gasteiger partial charge < -0.3 is 10.3 Å². The molecule has 0 radical (unpaired) electrons. The van der Waals surface area contributed by atoms with Crippen LogP contribution in [-0.2, 0) is 6.42 Å². The van der Waals surface area contributed by atoms with Crippen LogP contribution in [0.5, 0.6) is 0 Å². The number of rotatable bonds is 3. The van der Waals surface area contributed by atoms with Gasteiger partial charge in [0.1, 0.15) is 5.82 Å². The number of fused-ring (bicyclic) bond motifs is 1. The van der Waals surface area contributed by atoms with E-state index < -0.39 is 0 Å². The molecular weight excluding hydrogens is 258 g/mol. The van der Waals surface area contributed by atoms with Gasteiger partial charge in [0.2, 0.25) is 0 Å². The van der Waals surface area contributed by atoms with E-state index in [1.165, 1.54) is 43.4 Å². The summed E-state index contributed by atoms with van der Waals surface area (Å²) in [6.45, 7) is 2.22. The molecule has 1 aromatic carbocycles. The highest BCUT2D eigenvalue weighted by Crippen LogP contribution is 2.31. The second-order valence-corrected chi connectivity index (χ2v) is 6.36. The third-order valence-electron chi connectivity index (χ3n) is 4.76. The number of nitrogens with two attached hydrogens (primary N) is 1. The summed E-state index contributed by atoms with van der Waals surface area (Å²) < 4.78 is 2.47. The van der Waals surface area contributed by atoms with E-state index in [-0.39, 0.29) is 6.04 Å². The standard InChI is InChI=1S/C18H27N3/c1-2-9-18-20-15-11-7-8-13-17(15)21(18)16-12-6-4-3-5-10-14(16)19/h7-8,11,13-14,16H,2-6,9-10,12,19H2,1H3. The van der Waals surface area contributed by atoms with Crippen molar-refractivity contribution in [1.29, 1.82) is 0 Å². The van der Waals surface area contributed by atoms with Gasteiger partial charge in [-0.15, -0.1) is 0 Å². The summed E-state index contributed by atoms with van der Waals surface area (Å²) in [5, 5.41) is 0. The van der Waals surface area contributed by atoms with Crippen molar-refractivity contribution in [3.05, 3.63) is 30.1 Å². The maximum absolute atomic E-state index is 6.55. The van der Waals surface area contributed by atoms with E-state index in [4.69, 9.17) is 10.7 Å². The van der Waals surface area contributed by atoms with Gasteiger partial charge in [0.05, 0.1) is 17.1 Å². The van der Waals surface area contributed by atoms with Crippen LogP contribution in [-0.4, -0.2) is 15.6 Å². The van der Waals surface area contributed by atoms with Gasteiger partial charge in [-0.1, -0.05) is 44.7 Å². The minimum Gasteiger partial charge on any atom is -0.326 e. The van der Waals surface area contributed by atoms with Gasteiger partial charge in [0, 0.05) is 12.5 Å². The quantitative estimate of drug-likeness (QED) is 0.918. The fourth-order valence-corrected chi connectivity index (χ4v) is 3.68. The number of benzene rings is 1. The Morgan fingerprint density at radius 3 is 2.71 bits per heavy atom. The number of imidazole rings is 1. The number of hydrogen-bond donors (Lipinski definition) is 1. The van der Waals surface area contributed by atoms with Crippen molar-refractivity contribution in [2.75, 3.05) is 0 Å². The number of aromatic nitrogens is 2. The van der Waals surface area contributed by atoms with Crippen LogP contribution >= 0.6 is 0 Å². The zero-order valence-electron chi connectivity index (χ0n) is 13.1. The Kier molecular flexibility index (Phi) is 4.59. The Balaban J connectivity index is 2.04. The summed E-state index contributed by atoms with van der Waals surface area (Å²) in [6, 6.07) is 9.20. The normalized spacial score (nSPS) is 23.9. The summed E-state index contributed by atoms with van der Waals surface area (Å²) in [4.78, 5) is 4.87. The summed E-state index contributed by atoms with van der Waals surface area (Å²) in [5.74, 6) is 1.22. The molecule has 2 atom stereocenters. The third kappa shape index (κ3) is 2.98. The Morgan fingerprint density at radius 2 is 1.90 bits per heavy atom. The first-order valence-electron chi connectivity index (χ1n) is 8.52. The number of hydrogen-bond acceptors (Lipinski definition) is 2. The fraction of sp³-hybridized carbons (Fsp3) is 0.611. The molecule has 2 N–H and O–H groups in total. The SMILES string of the molecule is CCCc1nc2ccccc2n1C1CCCCCCC1N. The van der Waals surface area contributed by atoms with Crippen LogP contribution in [0.4, 0.5) is 0 Å². The van der Waals surface area contributed by atoms with Crippen molar-refractivity contribution >= 4 is 11.0 Å². The van der Waals surface area contributed by atoms with Crippen LogP contribution in [0.25, 0.3) is 11.0 Å². The summed E-state index contributed by atoms with van der Waals surface area (Å²) >= 11 is 0. The lowest BCUT2D eigenvalue weighted by atomic mass is 9.92. The van der Waals surface area contributed by atoms with Crippen LogP contribution in [0.15, 0.2) is 24.3 Å². The fourth-order valence-electron chi connectivity index (χ4n) is 3.68. The topological polar surface area (TPSA) is 43.8 Å². The molecule has 0 spiro atoms. The number of para-hydroxylation sites is 2. The molecule has 0 bridgehead atoms. The van der Waals surface area contributed by atoms with E-state index in [0.717, 1.165) is 24.8 Å². The highest BCUT2D eigenvalue weighted by Gasteiger charge is 2.25. The Bertz CT molecular complexity index is 587. The van der Waals surface area contributed by atoms with E-state index in [2.05, 4.69) is 35.8 Å². The van der Waals surface area contributed by atoms with Crippen LogP contribution in [0, 0.1) is 0 Å². The van der Waals surface area contributed by atoms with E-state index in [9.17, 15) is 0 Å². The molecule has 1 fully saturated rings. The molecule has 3 nitrogen and oxygen atoms in total. The van der Waals surface area contributed by atoms with Crippen LogP contribution in [0.3, 0.4) is 0 Å². The monoisotopic (exact) mass is 285 g/mol. The predicted octanol–water partition coefficient (Wildman–Crippen LogP) is 4.21. The predicted molar refractivity (Wildman–Crippen MR) is 88.4 cm³/mol. The molecule has 1 saturated carbocycles. The first-order chi connectivity index (χ1) is 10.3. The molecule has 0 aliphatic heterocycles. The first kappa shape index (κ1) is 14.6. The van der Waals surface area contributed by atoms with Gasteiger partial charge >= 0.3 is 0 Å². The van der Waals surface area contributed by atoms with Crippen LogP contribution in [0.2, 0.25) is 0 Å². The van der Waals surface area contributed by atoms with Gasteiger partial charge in [0.25, 0.3) is 0 Å². The van der Waals surface area contributed by atoms with Gasteiger partial charge in [-0.25, -0.2) is 4.98 Å². The van der Waals surface area contributed by atoms with Crippen LogP contribution < -0.4 is 5.73 Å². The maximum atomic E-state index is 6.55. The summed E-state index contributed by atoms with van der Waals surface area (Å²) in [7, 11) is 0. The van der Waals surface area contributed by atoms with Crippen molar-refractivity contribution < 1.29 is 0 Å². The molecule has 1 aliphatic carbocycles. The largest absolute Gasteiger partial charge is 0.326 e. The molecule has 0 amide bonds. The van der Waals surface area contributed by atoms with Crippen molar-refractivity contribution in [2.45, 2.75) is 70.4 Å². The highest BCUT2D eigenvalue weighted by molar-refractivity contribution is 5.76. The van der Waals surface area contributed by atoms with Crippen LogP contribution in [0.1, 0.15) is 63.7 Å². The lowest BCUT2D eigenvalue weighted by molar-refractivity contribution is 0.326. The van der Waals surface area contributed by atoms with Crippen molar-refractivity contribution in [3.63, 3.8) is 0 Å². The molecule has 2 aromatic rings. The van der Waals surface area contributed by atoms with Gasteiger partial charge in [-0.3, -0.25) is 0 Å². The average Bonchev–Trinajstić information content (AvgIpc) is 2.82. The molecule has 1 aromatic heterocycles. The smallest absolute Gasteiger partial charge is 0.110 e. The average molecular weight is 285 g/mol. The molecule has 114 valence electrons. The molecule has 21 heavy (non-hydrogen) atoms. The third-order valence-corrected chi connectivity index (χ3v) is 4.76. The first-order valence-corrected chi connectivity index (χ1v) is 8.52. The minimum absolute atomic E-state index is 0.263. The van der Waals surface area contributed by atoms with Crippen molar-refractivity contribution in [3.8, 4) is 0 Å². The van der Waals surface area contributed by atoms with Gasteiger partial charge in [-0.05, 0) is 31.4 Å². The summed E-state index contributed by atoms with van der Waals surface area (Å²) in [5.41, 5.74) is 8.93. The second-order valence-electron chi connectivity index (χ2n) is 6.36. The number of aryl methyl sites for hydroxylation is 1. The lowest BCUT2D eigenvalue weighted by Gasteiger charge is -2.29. The van der Waals surface area contributed by atoms with E-state index in [0.29, 0.717) is 6.04 Å². The van der Waals surface area contributed by atoms with Gasteiger partial charge in [0.15, 0.2) is 0 Å². The Labute approximate surface area is 127 Å². The summed E-state index contributed by atoms with van der Waals surface area (Å²) in [6.07, 6.45) is 9.75. The molecule has 2 unspecified atom stereocenters. The van der Waals surface area contributed by atoms with Gasteiger partial charge in [-0.2, -0.15) is 0 Å². The molecular formula is C18H27N3. The van der Waals surface area contributed by atoms with Crippen molar-refractivity contribution in [2.24, 2.45) is 5.73 Å². The van der Waals surface area contributed by atoms with E-state index in [1.54, 1.807) is 0 Å². The minimum atomic E-state index is 0.263. The van der Waals surface area contributed by atoms with E-state index >= 15 is 0 Å². The van der Waals surface area contributed by atoms with Crippen molar-refractivity contribution in [1.82, 2.24) is 9.55 Å². The highest BCUT2D eigenvalue weighted by atomic mass is 15.1. The molecule has 3 heteroatoms. The molecule has 1 aliphatic rings. The van der Waals surface area contributed by atoms with E-state index in [1.807, 2.05) is 0 Å². The Morgan fingerprint density at radius 1 is 1.14 bits per heavy atom. The second kappa shape index (κ2) is 6.61. The molecule has 1 heterocycles. The Hall–Kier alpha value is -1.35. The molecule has 3 rings (SSSR count). The molecule has 0 saturated heterocycles. The zero-order chi connectivity index (χ0) is 14.7. The maximum Gasteiger partial charge on any atom is 0.110 e. The zero-order valence-corrected chi connectivity index (χ0v) is 13.1. The lowest BCUT2D eigenvalue weighted by Crippen LogP contribution is -2.34. The number of nitrogens with zero attached hydrogens (tertiary/aromatic N) is 2.